The van der Waals surface area contributed by atoms with Crippen molar-refractivity contribution >= 4 is 5.91 Å². The van der Waals surface area contributed by atoms with Crippen molar-refractivity contribution < 1.29 is 4.79 Å². The molecule has 0 aromatic heterocycles. The van der Waals surface area contributed by atoms with Crippen LogP contribution in [0.2, 0.25) is 0 Å². The predicted octanol–water partition coefficient (Wildman–Crippen LogP) is 2.76. The van der Waals surface area contributed by atoms with Gasteiger partial charge in [-0.3, -0.25) is 4.79 Å². The van der Waals surface area contributed by atoms with E-state index in [9.17, 15) is 10.1 Å². The Balaban J connectivity index is 2.73. The van der Waals surface area contributed by atoms with E-state index in [0.29, 0.717) is 13.1 Å². The Morgan fingerprint density at radius 3 is 2.40 bits per heavy atom. The van der Waals surface area contributed by atoms with Crippen LogP contribution >= 0.6 is 0 Å². The van der Waals surface area contributed by atoms with Gasteiger partial charge in [0, 0.05) is 31.9 Å². The van der Waals surface area contributed by atoms with E-state index >= 15 is 0 Å². The summed E-state index contributed by atoms with van der Waals surface area (Å²) < 4.78 is 0. The van der Waals surface area contributed by atoms with Crippen LogP contribution in [-0.4, -0.2) is 47.9 Å². The number of amides is 1. The molecule has 5 heteroatoms. The Kier molecular flexibility index (Phi) is 9.34. The van der Waals surface area contributed by atoms with Crippen molar-refractivity contribution in [1.29, 1.82) is 5.26 Å². The van der Waals surface area contributed by atoms with Gasteiger partial charge in [-0.05, 0) is 32.5 Å². The fourth-order valence-corrected chi connectivity index (χ4v) is 2.50. The van der Waals surface area contributed by atoms with Crippen molar-refractivity contribution in [2.75, 3.05) is 26.2 Å². The maximum atomic E-state index is 12.7. The van der Waals surface area contributed by atoms with Gasteiger partial charge < -0.3 is 15.1 Å². The second-order valence-corrected chi connectivity index (χ2v) is 6.16. The molecule has 0 fully saturated rings. The van der Waals surface area contributed by atoms with Gasteiger partial charge in [0.15, 0.2) is 0 Å². The van der Waals surface area contributed by atoms with E-state index < -0.39 is 0 Å². The average Bonchev–Trinajstić information content (AvgIpc) is 2.63. The summed E-state index contributed by atoms with van der Waals surface area (Å²) >= 11 is 0. The number of carbonyl (C=O) groups excluding carboxylic acids is 1. The second-order valence-electron chi connectivity index (χ2n) is 6.16. The number of nitrogens with zero attached hydrogens (tertiary/aromatic N) is 3. The summed E-state index contributed by atoms with van der Waals surface area (Å²) in [6, 6.07) is 11.9. The molecule has 136 valence electrons. The van der Waals surface area contributed by atoms with Crippen molar-refractivity contribution in [3.05, 3.63) is 47.7 Å². The lowest BCUT2D eigenvalue weighted by Crippen LogP contribution is -2.37. The molecule has 1 rings (SSSR count). The van der Waals surface area contributed by atoms with Crippen LogP contribution in [0.25, 0.3) is 0 Å². The molecule has 1 aromatic rings. The first-order valence-corrected chi connectivity index (χ1v) is 8.94. The summed E-state index contributed by atoms with van der Waals surface area (Å²) in [4.78, 5) is 16.7. The van der Waals surface area contributed by atoms with Gasteiger partial charge in [-0.2, -0.15) is 5.26 Å². The number of benzene rings is 1. The van der Waals surface area contributed by atoms with Crippen molar-refractivity contribution in [2.45, 2.75) is 40.3 Å². The minimum Gasteiger partial charge on any atom is -0.388 e. The molecule has 0 unspecified atom stereocenters. The van der Waals surface area contributed by atoms with Gasteiger partial charge >= 0.3 is 0 Å². The van der Waals surface area contributed by atoms with E-state index in [-0.39, 0.29) is 17.5 Å². The van der Waals surface area contributed by atoms with E-state index in [1.54, 1.807) is 11.1 Å². The summed E-state index contributed by atoms with van der Waals surface area (Å²) in [6.07, 6.45) is 1.55. The largest absolute Gasteiger partial charge is 0.388 e. The molecular formula is C20H30N4O. The van der Waals surface area contributed by atoms with Gasteiger partial charge in [-0.25, -0.2) is 0 Å². The van der Waals surface area contributed by atoms with Crippen molar-refractivity contribution in [1.82, 2.24) is 15.1 Å². The quantitative estimate of drug-likeness (QED) is 0.403. The zero-order valence-electron chi connectivity index (χ0n) is 15.8. The number of carbonyl (C=O) groups is 1. The third kappa shape index (κ3) is 6.98. The summed E-state index contributed by atoms with van der Waals surface area (Å²) in [5.41, 5.74) is 1.19. The molecule has 0 atom stereocenters. The number of rotatable bonds is 10. The standard InChI is InChI=1S/C20H30N4O/c1-5-23(6-2)13-12-22-15-19(14-21)20(25)24(17(3)4)16-18-10-8-7-9-11-18/h7-11,15,17,22H,5-6,12-13,16H2,1-4H3/b19-15-. The maximum Gasteiger partial charge on any atom is 0.266 e. The molecule has 1 amide bonds. The Bertz CT molecular complexity index is 585. The van der Waals surface area contributed by atoms with Crippen LogP contribution in [0.1, 0.15) is 33.3 Å². The zero-order chi connectivity index (χ0) is 18.7. The second kappa shape index (κ2) is 11.3. The Labute approximate surface area is 151 Å². The molecule has 0 heterocycles. The molecule has 0 radical (unpaired) electrons. The summed E-state index contributed by atoms with van der Waals surface area (Å²) in [6.45, 7) is 12.2. The maximum absolute atomic E-state index is 12.7. The lowest BCUT2D eigenvalue weighted by Gasteiger charge is -2.26. The predicted molar refractivity (Wildman–Crippen MR) is 102 cm³/mol. The Morgan fingerprint density at radius 2 is 1.88 bits per heavy atom. The van der Waals surface area contributed by atoms with E-state index in [0.717, 1.165) is 25.2 Å². The third-order valence-electron chi connectivity index (χ3n) is 4.14. The Morgan fingerprint density at radius 1 is 1.24 bits per heavy atom. The van der Waals surface area contributed by atoms with Gasteiger partial charge in [0.05, 0.1) is 0 Å². The van der Waals surface area contributed by atoms with Crippen LogP contribution in [-0.2, 0) is 11.3 Å². The van der Waals surface area contributed by atoms with Crippen LogP contribution in [0.5, 0.6) is 0 Å². The van der Waals surface area contributed by atoms with E-state index in [2.05, 4.69) is 24.1 Å². The molecule has 5 nitrogen and oxygen atoms in total. The lowest BCUT2D eigenvalue weighted by atomic mass is 10.1. The first kappa shape index (κ1) is 20.7. The number of likely N-dealkylation sites (N-methyl/N-ethyl adjacent to an activating group) is 1. The molecular weight excluding hydrogens is 312 g/mol. The molecule has 0 aliphatic carbocycles. The SMILES string of the molecule is CCN(CC)CCN/C=C(/C#N)C(=O)N(Cc1ccccc1)C(C)C. The molecule has 0 aliphatic rings. The normalized spacial score (nSPS) is 11.5. The van der Waals surface area contributed by atoms with Crippen LogP contribution < -0.4 is 5.32 Å². The molecule has 0 saturated heterocycles. The molecule has 1 N–H and O–H groups in total. The number of nitrogens with one attached hydrogen (secondary N) is 1. The monoisotopic (exact) mass is 342 g/mol. The summed E-state index contributed by atoms with van der Waals surface area (Å²) in [5.74, 6) is -0.239. The highest BCUT2D eigenvalue weighted by Crippen LogP contribution is 2.12. The first-order chi connectivity index (χ1) is 12.0. The van der Waals surface area contributed by atoms with Crippen molar-refractivity contribution in [3.63, 3.8) is 0 Å². The summed E-state index contributed by atoms with van der Waals surface area (Å²) in [7, 11) is 0. The smallest absolute Gasteiger partial charge is 0.266 e. The molecule has 1 aromatic carbocycles. The lowest BCUT2D eigenvalue weighted by molar-refractivity contribution is -0.129. The first-order valence-electron chi connectivity index (χ1n) is 8.94. The van der Waals surface area contributed by atoms with Crippen LogP contribution in [0.15, 0.2) is 42.1 Å². The van der Waals surface area contributed by atoms with Crippen LogP contribution in [0.4, 0.5) is 0 Å². The Hall–Kier alpha value is -2.32. The van der Waals surface area contributed by atoms with Gasteiger partial charge in [-0.15, -0.1) is 0 Å². The van der Waals surface area contributed by atoms with E-state index in [1.807, 2.05) is 50.2 Å². The highest BCUT2D eigenvalue weighted by atomic mass is 16.2. The van der Waals surface area contributed by atoms with Gasteiger partial charge in [0.25, 0.3) is 5.91 Å². The fourth-order valence-electron chi connectivity index (χ4n) is 2.50. The van der Waals surface area contributed by atoms with E-state index in [4.69, 9.17) is 0 Å². The molecule has 0 aliphatic heterocycles. The number of hydrogen-bond donors (Lipinski definition) is 1. The topological polar surface area (TPSA) is 59.4 Å². The van der Waals surface area contributed by atoms with E-state index in [1.165, 1.54) is 0 Å². The molecule has 0 spiro atoms. The third-order valence-corrected chi connectivity index (χ3v) is 4.14. The number of hydrogen-bond acceptors (Lipinski definition) is 4. The van der Waals surface area contributed by atoms with Crippen molar-refractivity contribution in [3.8, 4) is 6.07 Å². The minimum absolute atomic E-state index is 0.0140. The highest BCUT2D eigenvalue weighted by molar-refractivity contribution is 5.97. The van der Waals surface area contributed by atoms with Crippen LogP contribution in [0.3, 0.4) is 0 Å². The highest BCUT2D eigenvalue weighted by Gasteiger charge is 2.21. The van der Waals surface area contributed by atoms with Crippen LogP contribution in [0, 0.1) is 11.3 Å². The molecule has 25 heavy (non-hydrogen) atoms. The zero-order valence-corrected chi connectivity index (χ0v) is 15.8. The summed E-state index contributed by atoms with van der Waals surface area (Å²) in [5, 5.41) is 12.5. The minimum atomic E-state index is -0.239. The van der Waals surface area contributed by atoms with Gasteiger partial charge in [0.2, 0.25) is 0 Å². The van der Waals surface area contributed by atoms with Crippen molar-refractivity contribution in [2.24, 2.45) is 0 Å². The fraction of sp³-hybridized carbons (Fsp3) is 0.500. The molecule has 0 bridgehead atoms. The number of nitriles is 1. The van der Waals surface area contributed by atoms with Gasteiger partial charge in [0.1, 0.15) is 11.6 Å². The molecule has 0 saturated carbocycles. The van der Waals surface area contributed by atoms with Gasteiger partial charge in [-0.1, -0.05) is 44.2 Å². The average molecular weight is 342 g/mol.